The van der Waals surface area contributed by atoms with E-state index in [-0.39, 0.29) is 15.7 Å². The van der Waals surface area contributed by atoms with Crippen LogP contribution in [0.2, 0.25) is 10.0 Å². The van der Waals surface area contributed by atoms with Crippen LogP contribution in [-0.2, 0) is 14.8 Å². The third-order valence-corrected chi connectivity index (χ3v) is 5.88. The van der Waals surface area contributed by atoms with Crippen molar-refractivity contribution in [2.45, 2.75) is 13.0 Å². The maximum Gasteiger partial charge on any atom is 0.247 e. The second-order valence-electron chi connectivity index (χ2n) is 5.89. The van der Waals surface area contributed by atoms with Crippen molar-refractivity contribution in [3.05, 3.63) is 46.4 Å². The van der Waals surface area contributed by atoms with E-state index in [1.807, 2.05) is 0 Å². The number of hydrogen-bond acceptors (Lipinski definition) is 5. The average molecular weight is 447 g/mol. The summed E-state index contributed by atoms with van der Waals surface area (Å²) in [5.41, 5.74) is 0.656. The first kappa shape index (κ1) is 22.1. The van der Waals surface area contributed by atoms with E-state index in [9.17, 15) is 13.2 Å². The average Bonchev–Trinajstić information content (AvgIpc) is 2.63. The number of halogens is 2. The number of methoxy groups -OCH3 is 2. The number of carbonyl (C=O) groups excluding carboxylic acids is 1. The van der Waals surface area contributed by atoms with Gasteiger partial charge in [-0.3, -0.25) is 9.10 Å². The van der Waals surface area contributed by atoms with Crippen LogP contribution in [-0.4, -0.2) is 40.8 Å². The summed E-state index contributed by atoms with van der Waals surface area (Å²) in [5.74, 6) is 0.392. The quantitative estimate of drug-likeness (QED) is 0.698. The molecule has 0 aromatic heterocycles. The lowest BCUT2D eigenvalue weighted by Gasteiger charge is -2.28. The fraction of sp³-hybridized carbons (Fsp3) is 0.278. The fourth-order valence-electron chi connectivity index (χ4n) is 2.59. The van der Waals surface area contributed by atoms with Crippen molar-refractivity contribution in [3.63, 3.8) is 0 Å². The number of anilines is 2. The molecule has 0 aliphatic rings. The predicted molar refractivity (Wildman–Crippen MR) is 111 cm³/mol. The van der Waals surface area contributed by atoms with Crippen molar-refractivity contribution in [2.24, 2.45) is 0 Å². The maximum absolute atomic E-state index is 12.7. The van der Waals surface area contributed by atoms with Gasteiger partial charge in [-0.05, 0) is 37.3 Å². The first-order valence-electron chi connectivity index (χ1n) is 8.05. The largest absolute Gasteiger partial charge is 0.493 e. The van der Waals surface area contributed by atoms with Crippen LogP contribution in [0.1, 0.15) is 6.92 Å². The number of hydrogen-bond donors (Lipinski definition) is 1. The molecule has 0 heterocycles. The molecule has 0 aliphatic carbocycles. The molecule has 0 unspecified atom stereocenters. The molecule has 0 bridgehead atoms. The summed E-state index contributed by atoms with van der Waals surface area (Å²) in [5, 5.41) is 3.14. The van der Waals surface area contributed by atoms with E-state index in [2.05, 4.69) is 5.32 Å². The monoisotopic (exact) mass is 446 g/mol. The zero-order valence-corrected chi connectivity index (χ0v) is 18.0. The molecule has 1 N–H and O–H groups in total. The number of rotatable bonds is 7. The Bertz CT molecular complexity index is 982. The molecule has 7 nitrogen and oxygen atoms in total. The van der Waals surface area contributed by atoms with Crippen molar-refractivity contribution in [2.75, 3.05) is 30.1 Å². The second kappa shape index (κ2) is 8.89. The van der Waals surface area contributed by atoms with E-state index >= 15 is 0 Å². The van der Waals surface area contributed by atoms with Crippen LogP contribution in [0, 0.1) is 0 Å². The van der Waals surface area contributed by atoms with Gasteiger partial charge >= 0.3 is 0 Å². The molecule has 0 aliphatic heterocycles. The van der Waals surface area contributed by atoms with Crippen LogP contribution in [0.3, 0.4) is 0 Å². The molecule has 1 atom stereocenters. The van der Waals surface area contributed by atoms with Crippen molar-refractivity contribution < 1.29 is 22.7 Å². The summed E-state index contributed by atoms with van der Waals surface area (Å²) < 4.78 is 36.0. The molecular formula is C18H20Cl2N2O5S. The van der Waals surface area contributed by atoms with Gasteiger partial charge in [0.15, 0.2) is 11.5 Å². The zero-order valence-electron chi connectivity index (χ0n) is 15.7. The molecule has 2 aromatic rings. The van der Waals surface area contributed by atoms with E-state index in [0.717, 1.165) is 10.6 Å². The molecule has 28 heavy (non-hydrogen) atoms. The van der Waals surface area contributed by atoms with Crippen LogP contribution < -0.4 is 19.1 Å². The lowest BCUT2D eigenvalue weighted by atomic mass is 10.2. The van der Waals surface area contributed by atoms with E-state index in [0.29, 0.717) is 17.2 Å². The molecule has 152 valence electrons. The Morgan fingerprint density at radius 2 is 1.68 bits per heavy atom. The lowest BCUT2D eigenvalue weighted by molar-refractivity contribution is -0.116. The Morgan fingerprint density at radius 1 is 1.04 bits per heavy atom. The molecule has 0 spiro atoms. The predicted octanol–water partition coefficient (Wildman–Crippen LogP) is 3.80. The molecule has 10 heteroatoms. The van der Waals surface area contributed by atoms with Gasteiger partial charge in [-0.25, -0.2) is 8.42 Å². The van der Waals surface area contributed by atoms with Gasteiger partial charge in [0, 0.05) is 11.8 Å². The van der Waals surface area contributed by atoms with Gasteiger partial charge in [0.25, 0.3) is 0 Å². The van der Waals surface area contributed by atoms with E-state index in [1.165, 1.54) is 39.3 Å². The Balaban J connectivity index is 2.33. The van der Waals surface area contributed by atoms with Crippen molar-refractivity contribution in [3.8, 4) is 11.5 Å². The number of nitrogens with zero attached hydrogens (tertiary/aromatic N) is 1. The third kappa shape index (κ3) is 5.01. The van der Waals surface area contributed by atoms with E-state index in [1.54, 1.807) is 18.2 Å². The number of benzene rings is 2. The third-order valence-electron chi connectivity index (χ3n) is 3.90. The van der Waals surface area contributed by atoms with E-state index in [4.69, 9.17) is 32.7 Å². The molecule has 2 rings (SSSR count). The summed E-state index contributed by atoms with van der Waals surface area (Å²) in [7, 11) is -0.808. The minimum Gasteiger partial charge on any atom is -0.493 e. The second-order valence-corrected chi connectivity index (χ2v) is 8.57. The minimum atomic E-state index is -3.78. The normalized spacial score (nSPS) is 12.2. The van der Waals surface area contributed by atoms with Crippen molar-refractivity contribution in [1.29, 1.82) is 0 Å². The van der Waals surface area contributed by atoms with Gasteiger partial charge in [-0.1, -0.05) is 23.2 Å². The van der Waals surface area contributed by atoms with E-state index < -0.39 is 22.0 Å². The highest BCUT2D eigenvalue weighted by molar-refractivity contribution is 7.92. The van der Waals surface area contributed by atoms with Gasteiger partial charge in [0.05, 0.1) is 36.2 Å². The Labute approximate surface area is 174 Å². The molecule has 2 aromatic carbocycles. The van der Waals surface area contributed by atoms with Gasteiger partial charge in [0.2, 0.25) is 15.9 Å². The minimum absolute atomic E-state index is 0.181. The molecule has 1 amide bonds. The Morgan fingerprint density at radius 3 is 2.21 bits per heavy atom. The maximum atomic E-state index is 12.7. The number of amides is 1. The molecule has 0 saturated carbocycles. The smallest absolute Gasteiger partial charge is 0.247 e. The summed E-state index contributed by atoms with van der Waals surface area (Å²) in [6.45, 7) is 1.47. The highest BCUT2D eigenvalue weighted by atomic mass is 35.5. The fourth-order valence-corrected chi connectivity index (χ4v) is 4.05. The van der Waals surface area contributed by atoms with Crippen LogP contribution in [0.5, 0.6) is 11.5 Å². The Hall–Kier alpha value is -2.16. The summed E-state index contributed by atoms with van der Waals surface area (Å²) >= 11 is 11.9. The SMILES string of the molecule is COc1ccc(NC(=O)[C@@H](C)N(c2ccc(Cl)c(Cl)c2)S(C)(=O)=O)cc1OC. The van der Waals surface area contributed by atoms with Crippen LogP contribution in [0.25, 0.3) is 0 Å². The number of ether oxygens (including phenoxy) is 2. The summed E-state index contributed by atoms with van der Waals surface area (Å²) in [6, 6.07) is 8.12. The lowest BCUT2D eigenvalue weighted by Crippen LogP contribution is -2.45. The molecule has 0 saturated heterocycles. The zero-order chi connectivity index (χ0) is 21.1. The van der Waals surface area contributed by atoms with Crippen molar-refractivity contribution in [1.82, 2.24) is 0 Å². The van der Waals surface area contributed by atoms with Gasteiger partial charge in [0.1, 0.15) is 6.04 Å². The van der Waals surface area contributed by atoms with Crippen LogP contribution in [0.15, 0.2) is 36.4 Å². The standard InChI is InChI=1S/C18H20Cl2N2O5S/c1-11(18(23)21-12-5-8-16(26-2)17(9-12)27-3)22(28(4,24)25)13-6-7-14(19)15(20)10-13/h5-11H,1-4H3,(H,21,23)/t11-/m1/s1. The number of nitrogens with one attached hydrogen (secondary N) is 1. The van der Waals surface area contributed by atoms with Crippen molar-refractivity contribution >= 4 is 50.5 Å². The number of carbonyl (C=O) groups is 1. The highest BCUT2D eigenvalue weighted by Gasteiger charge is 2.29. The van der Waals surface area contributed by atoms with Gasteiger partial charge in [-0.15, -0.1) is 0 Å². The number of sulfonamides is 1. The van der Waals surface area contributed by atoms with Gasteiger partial charge in [-0.2, -0.15) is 0 Å². The van der Waals surface area contributed by atoms with Crippen LogP contribution >= 0.6 is 23.2 Å². The first-order valence-corrected chi connectivity index (χ1v) is 10.7. The molecular weight excluding hydrogens is 427 g/mol. The Kier molecular flexibility index (Phi) is 7.03. The summed E-state index contributed by atoms with van der Waals surface area (Å²) in [6.07, 6.45) is 1.01. The highest BCUT2D eigenvalue weighted by Crippen LogP contribution is 2.31. The first-order chi connectivity index (χ1) is 13.1. The molecule has 0 fully saturated rings. The van der Waals surface area contributed by atoms with Crippen LogP contribution in [0.4, 0.5) is 11.4 Å². The topological polar surface area (TPSA) is 84.9 Å². The molecule has 0 radical (unpaired) electrons. The van der Waals surface area contributed by atoms with Gasteiger partial charge < -0.3 is 14.8 Å². The summed E-state index contributed by atoms with van der Waals surface area (Å²) in [4.78, 5) is 12.7.